The Morgan fingerprint density at radius 2 is 1.64 bits per heavy atom. The van der Waals surface area contributed by atoms with E-state index < -0.39 is 18.2 Å². The average molecular weight is 917 g/mol. The molecule has 4 N–H and O–H groups in total. The molecule has 4 aromatic rings. The molecule has 11 rings (SSSR count). The summed E-state index contributed by atoms with van der Waals surface area (Å²) in [6.45, 7) is 10.8. The number of nitrogens with zero attached hydrogens (tertiary/aromatic N) is 4. The summed E-state index contributed by atoms with van der Waals surface area (Å²) in [6.07, 6.45) is 8.51. The highest BCUT2D eigenvalue weighted by Crippen LogP contribution is 2.51. The molecule has 6 aliphatic heterocycles. The van der Waals surface area contributed by atoms with E-state index in [-0.39, 0.29) is 78.2 Å². The third kappa shape index (κ3) is 7.62. The quantitative estimate of drug-likeness (QED) is 0.132. The number of rotatable bonds is 8. The van der Waals surface area contributed by atoms with Crippen LogP contribution in [0.4, 0.5) is 4.79 Å². The van der Waals surface area contributed by atoms with E-state index in [9.17, 15) is 14.4 Å². The number of hydrogen-bond donors (Lipinski definition) is 4. The van der Waals surface area contributed by atoms with Crippen molar-refractivity contribution in [2.24, 2.45) is 17.8 Å². The fourth-order valence-corrected chi connectivity index (χ4v) is 13.4. The third-order valence-corrected chi connectivity index (χ3v) is 16.2. The molecule has 356 valence electrons. The summed E-state index contributed by atoms with van der Waals surface area (Å²) < 4.78 is 23.9. The summed E-state index contributed by atoms with van der Waals surface area (Å²) in [5.74, 6) is 2.65. The number of H-pyrrole nitrogens is 2. The molecule has 2 unspecified atom stereocenters. The van der Waals surface area contributed by atoms with Crippen LogP contribution in [0, 0.1) is 17.8 Å². The summed E-state index contributed by atoms with van der Waals surface area (Å²) in [5, 5.41) is 2.89. The minimum absolute atomic E-state index is 0.0223. The largest absolute Gasteiger partial charge is 0.488 e. The number of piperidine rings is 1. The Morgan fingerprint density at radius 3 is 2.43 bits per heavy atom. The van der Waals surface area contributed by atoms with E-state index in [1.54, 1.807) is 7.11 Å². The number of benzene rings is 2. The maximum Gasteiger partial charge on any atom is 0.407 e. The highest BCUT2D eigenvalue weighted by Gasteiger charge is 2.57. The van der Waals surface area contributed by atoms with Crippen molar-refractivity contribution in [3.8, 4) is 39.4 Å². The lowest BCUT2D eigenvalue weighted by Crippen LogP contribution is -2.65. The lowest BCUT2D eigenvalue weighted by Gasteiger charge is -2.52. The molecule has 1 aliphatic carbocycles. The number of alkyl carbamates (subject to hydrolysis) is 1. The molecule has 2 aromatic heterocycles. The van der Waals surface area contributed by atoms with Crippen molar-refractivity contribution < 1.29 is 38.2 Å². The Labute approximate surface area is 391 Å². The molecule has 0 radical (unpaired) electrons. The van der Waals surface area contributed by atoms with E-state index in [2.05, 4.69) is 76.8 Å². The molecule has 3 amide bonds. The van der Waals surface area contributed by atoms with Crippen LogP contribution >= 0.6 is 0 Å². The second-order valence-electron chi connectivity index (χ2n) is 20.4. The van der Waals surface area contributed by atoms with Crippen LogP contribution in [0.25, 0.3) is 33.6 Å². The van der Waals surface area contributed by atoms with E-state index in [0.717, 1.165) is 107 Å². The number of hydroxylamine groups is 1. The number of likely N-dealkylation sites (tertiary alicyclic amines) is 1. The van der Waals surface area contributed by atoms with Gasteiger partial charge in [-0.25, -0.2) is 14.8 Å². The van der Waals surface area contributed by atoms with E-state index in [1.807, 2.05) is 24.9 Å². The number of carbonyl (C=O) groups is 3. The number of aromatic nitrogens is 4. The Bertz CT molecular complexity index is 2570. The molecule has 67 heavy (non-hydrogen) atoms. The first-order chi connectivity index (χ1) is 32.4. The normalized spacial score (nSPS) is 32.3. The number of methoxy groups -OCH3 is 1. The maximum absolute atomic E-state index is 14.5. The smallest absolute Gasteiger partial charge is 0.407 e. The molecule has 12 atom stereocenters. The van der Waals surface area contributed by atoms with Gasteiger partial charge in [0.05, 0.1) is 68.3 Å². The highest BCUT2D eigenvalue weighted by atomic mass is 16.6. The van der Waals surface area contributed by atoms with Crippen LogP contribution in [0.2, 0.25) is 0 Å². The molecule has 16 heteroatoms. The summed E-state index contributed by atoms with van der Waals surface area (Å²) >= 11 is 0. The van der Waals surface area contributed by atoms with Crippen LogP contribution in [0.3, 0.4) is 0 Å². The van der Waals surface area contributed by atoms with Crippen molar-refractivity contribution >= 4 is 17.9 Å². The number of fused-ring (bicyclic) bond motifs is 9. The molecular weight excluding hydrogens is 853 g/mol. The van der Waals surface area contributed by atoms with Crippen molar-refractivity contribution in [2.75, 3.05) is 14.2 Å². The monoisotopic (exact) mass is 916 g/mol. The zero-order chi connectivity index (χ0) is 46.4. The van der Waals surface area contributed by atoms with E-state index in [1.165, 1.54) is 12.7 Å². The van der Waals surface area contributed by atoms with Crippen LogP contribution in [-0.2, 0) is 48.1 Å². The van der Waals surface area contributed by atoms with E-state index in [0.29, 0.717) is 19.4 Å². The van der Waals surface area contributed by atoms with Gasteiger partial charge in [-0.3, -0.25) is 9.59 Å². The summed E-state index contributed by atoms with van der Waals surface area (Å²) in [4.78, 5) is 68.3. The number of imidazole rings is 2. The van der Waals surface area contributed by atoms with Gasteiger partial charge in [-0.1, -0.05) is 12.1 Å². The number of amides is 3. The fourth-order valence-electron chi connectivity index (χ4n) is 13.4. The Hall–Kier alpha value is -5.29. The molecule has 0 bridgehead atoms. The van der Waals surface area contributed by atoms with Gasteiger partial charge in [0.15, 0.2) is 0 Å². The Balaban J connectivity index is 0.827. The SMILES string of the molecule is CON[C@@H]1C(=O)N2[C@H](CC[C@H]2c2nc3c([nH]2)CCc2cc4c(cc2-3)OCc2cc(-c3cnc([C@@H]5CC[C@H](C)N5C(=O)[C@@H](NC(=O)OC)C5C[C@@H](C)O[C@H](C)C5)[nH]3)ccc2-4)C2C1C[C@@H](C)O[C@@H]2C. The topological polar surface area (TPSA) is 185 Å². The zero-order valence-corrected chi connectivity index (χ0v) is 39.6. The summed E-state index contributed by atoms with van der Waals surface area (Å²) in [5.41, 5.74) is 12.6. The molecule has 8 heterocycles. The first-order valence-corrected chi connectivity index (χ1v) is 24.5. The van der Waals surface area contributed by atoms with Crippen LogP contribution in [0.1, 0.15) is 120 Å². The zero-order valence-electron chi connectivity index (χ0n) is 39.6. The number of ether oxygens (including phenoxy) is 4. The second kappa shape index (κ2) is 17.3. The molecule has 2 aromatic carbocycles. The predicted molar refractivity (Wildman–Crippen MR) is 247 cm³/mol. The van der Waals surface area contributed by atoms with Crippen molar-refractivity contribution in [3.63, 3.8) is 0 Å². The lowest BCUT2D eigenvalue weighted by molar-refractivity contribution is -0.177. The van der Waals surface area contributed by atoms with Gasteiger partial charge in [-0.05, 0) is 145 Å². The highest BCUT2D eigenvalue weighted by molar-refractivity contribution is 5.87. The van der Waals surface area contributed by atoms with Gasteiger partial charge in [-0.15, -0.1) is 0 Å². The third-order valence-electron chi connectivity index (χ3n) is 16.2. The van der Waals surface area contributed by atoms with Crippen molar-refractivity contribution in [3.05, 3.63) is 65.0 Å². The van der Waals surface area contributed by atoms with Gasteiger partial charge in [0.25, 0.3) is 0 Å². The summed E-state index contributed by atoms with van der Waals surface area (Å²) in [7, 11) is 2.91. The van der Waals surface area contributed by atoms with Crippen LogP contribution < -0.4 is 15.5 Å². The van der Waals surface area contributed by atoms with Crippen molar-refractivity contribution in [1.29, 1.82) is 0 Å². The molecule has 0 saturated carbocycles. The Kier molecular flexibility index (Phi) is 11.5. The lowest BCUT2D eigenvalue weighted by atomic mass is 9.70. The first-order valence-electron chi connectivity index (χ1n) is 24.5. The minimum Gasteiger partial charge on any atom is -0.488 e. The number of aromatic amines is 2. The average Bonchev–Trinajstić information content (AvgIpc) is 4.14. The van der Waals surface area contributed by atoms with E-state index in [4.69, 9.17) is 33.8 Å². The van der Waals surface area contributed by atoms with Gasteiger partial charge in [-0.2, -0.15) is 5.48 Å². The van der Waals surface area contributed by atoms with Gasteiger partial charge in [0.2, 0.25) is 11.8 Å². The maximum atomic E-state index is 14.5. The fraction of sp³-hybridized carbons (Fsp3) is 0.588. The number of carbonyl (C=O) groups excluding carboxylic acids is 3. The van der Waals surface area contributed by atoms with E-state index >= 15 is 0 Å². The van der Waals surface area contributed by atoms with Crippen LogP contribution in [-0.4, -0.2) is 110 Å². The molecule has 16 nitrogen and oxygen atoms in total. The van der Waals surface area contributed by atoms with Gasteiger partial charge >= 0.3 is 6.09 Å². The first kappa shape index (κ1) is 44.2. The number of aryl methyl sites for hydroxylation is 2. The van der Waals surface area contributed by atoms with Gasteiger partial charge in [0.1, 0.15) is 36.1 Å². The molecule has 5 saturated heterocycles. The number of nitrogens with one attached hydrogen (secondary N) is 4. The minimum atomic E-state index is -0.736. The number of hydrogen-bond acceptors (Lipinski definition) is 11. The predicted octanol–water partition coefficient (Wildman–Crippen LogP) is 7.10. The van der Waals surface area contributed by atoms with Crippen molar-refractivity contribution in [2.45, 2.75) is 160 Å². The second-order valence-corrected chi connectivity index (χ2v) is 20.4. The Morgan fingerprint density at radius 1 is 0.851 bits per heavy atom. The molecular formula is C51H64N8O8. The van der Waals surface area contributed by atoms with Crippen LogP contribution in [0.5, 0.6) is 5.75 Å². The van der Waals surface area contributed by atoms with Crippen LogP contribution in [0.15, 0.2) is 36.5 Å². The summed E-state index contributed by atoms with van der Waals surface area (Å²) in [6, 6.07) is 9.38. The van der Waals surface area contributed by atoms with Crippen molar-refractivity contribution in [1.82, 2.24) is 40.5 Å². The standard InChI is InChI=1S/C51H64N8O8/c1-24-8-13-40(58(24)49(60)44(56-51(62)63-6)31-16-25(2)66-26(3)17-31)47-52-22-38(54-47)30-9-11-33-32(19-30)23-65-42-21-34-29(20-35(33)42)10-12-37-45(34)55-48(53-37)41-15-14-39-43-28(5)67-27(4)18-36(43)46(57-64-7)50(61)59(39)41/h9,11,19-22,24-28,31,36,39-41,43-44,46,57H,8,10,12-18,23H2,1-7H3,(H,52,54)(H,53,55)(H,56,62)/t24-,25+,26+,27+,28+,36?,39+,40-,41-,43?,44-,46-/m0/s1. The van der Waals surface area contributed by atoms with Gasteiger partial charge < -0.3 is 48.9 Å². The van der Waals surface area contributed by atoms with Gasteiger partial charge in [0, 0.05) is 34.8 Å². The molecule has 7 aliphatic rings. The molecule has 0 spiro atoms. The molecule has 5 fully saturated rings.